The summed E-state index contributed by atoms with van der Waals surface area (Å²) in [5.41, 5.74) is 0.0669. The Bertz CT molecular complexity index is 757. The van der Waals surface area contributed by atoms with Crippen molar-refractivity contribution in [1.82, 2.24) is 5.32 Å². The number of Topliss-reactive ketones (excluding diaryl/α,β-unsaturated/α-hetero) is 1. The summed E-state index contributed by atoms with van der Waals surface area (Å²) in [6.07, 6.45) is 1.24. The minimum Gasteiger partial charge on any atom is -0.494 e. The molecule has 1 aromatic carbocycles. The van der Waals surface area contributed by atoms with Crippen LogP contribution >= 0.6 is 0 Å². The number of hydrogen-bond donors (Lipinski definition) is 1. The van der Waals surface area contributed by atoms with Crippen molar-refractivity contribution in [3.05, 3.63) is 53.7 Å². The van der Waals surface area contributed by atoms with Crippen LogP contribution in [0.1, 0.15) is 27.3 Å². The molecule has 0 aliphatic rings. The van der Waals surface area contributed by atoms with Gasteiger partial charge < -0.3 is 19.2 Å². The van der Waals surface area contributed by atoms with Gasteiger partial charge in [0, 0.05) is 12.1 Å². The van der Waals surface area contributed by atoms with E-state index < -0.39 is 30.1 Å². The number of halogens is 1. The quantitative estimate of drug-likeness (QED) is 0.578. The maximum absolute atomic E-state index is 13.5. The molecule has 0 unspecified atom stereocenters. The van der Waals surface area contributed by atoms with Gasteiger partial charge in [-0.2, -0.15) is 0 Å². The highest BCUT2D eigenvalue weighted by atomic mass is 19.1. The lowest BCUT2D eigenvalue weighted by Crippen LogP contribution is -2.26. The van der Waals surface area contributed by atoms with Crippen molar-refractivity contribution in [1.29, 1.82) is 0 Å². The van der Waals surface area contributed by atoms with Gasteiger partial charge in [-0.25, -0.2) is 4.39 Å². The molecule has 0 fully saturated rings. The normalized spacial score (nSPS) is 10.2. The molecule has 0 spiro atoms. The van der Waals surface area contributed by atoms with Gasteiger partial charge in [-0.05, 0) is 30.3 Å². The Morgan fingerprint density at radius 2 is 2.04 bits per heavy atom. The van der Waals surface area contributed by atoms with Crippen molar-refractivity contribution < 1.29 is 32.7 Å². The second-order valence-corrected chi connectivity index (χ2v) is 4.92. The average molecular weight is 349 g/mol. The SMILES string of the molecule is COc1ccc(C(=O)COC(=O)CCNC(=O)c2ccco2)cc1F. The van der Waals surface area contributed by atoms with E-state index in [1.807, 2.05) is 0 Å². The van der Waals surface area contributed by atoms with Gasteiger partial charge in [0.1, 0.15) is 0 Å². The number of rotatable bonds is 8. The van der Waals surface area contributed by atoms with E-state index in [2.05, 4.69) is 5.32 Å². The Labute approximate surface area is 142 Å². The van der Waals surface area contributed by atoms with E-state index in [9.17, 15) is 18.8 Å². The predicted octanol–water partition coefficient (Wildman–Crippen LogP) is 1.97. The zero-order valence-corrected chi connectivity index (χ0v) is 13.4. The fraction of sp³-hybridized carbons (Fsp3) is 0.235. The second kappa shape index (κ2) is 8.62. The third-order valence-corrected chi connectivity index (χ3v) is 3.20. The Morgan fingerprint density at radius 3 is 2.68 bits per heavy atom. The Kier molecular flexibility index (Phi) is 6.27. The summed E-state index contributed by atoms with van der Waals surface area (Å²) in [5, 5.41) is 2.47. The lowest BCUT2D eigenvalue weighted by atomic mass is 10.1. The topological polar surface area (TPSA) is 94.8 Å². The number of furan rings is 1. The summed E-state index contributed by atoms with van der Waals surface area (Å²) < 4.78 is 28.0. The molecule has 0 saturated carbocycles. The largest absolute Gasteiger partial charge is 0.494 e. The van der Waals surface area contributed by atoms with Gasteiger partial charge in [-0.1, -0.05) is 0 Å². The molecule has 1 amide bonds. The van der Waals surface area contributed by atoms with E-state index in [0.29, 0.717) is 0 Å². The van der Waals surface area contributed by atoms with Crippen LogP contribution in [0.3, 0.4) is 0 Å². The second-order valence-electron chi connectivity index (χ2n) is 4.92. The molecule has 2 aromatic rings. The first-order valence-electron chi connectivity index (χ1n) is 7.35. The summed E-state index contributed by atoms with van der Waals surface area (Å²) in [6, 6.07) is 6.76. The summed E-state index contributed by atoms with van der Waals surface area (Å²) in [4.78, 5) is 35.0. The molecule has 132 valence electrons. The van der Waals surface area contributed by atoms with Gasteiger partial charge in [0.25, 0.3) is 5.91 Å². The van der Waals surface area contributed by atoms with Crippen LogP contribution in [-0.2, 0) is 9.53 Å². The van der Waals surface area contributed by atoms with Crippen molar-refractivity contribution in [3.8, 4) is 5.75 Å². The number of carbonyl (C=O) groups excluding carboxylic acids is 3. The predicted molar refractivity (Wildman–Crippen MR) is 83.9 cm³/mol. The van der Waals surface area contributed by atoms with E-state index >= 15 is 0 Å². The van der Waals surface area contributed by atoms with Gasteiger partial charge >= 0.3 is 5.97 Å². The number of methoxy groups -OCH3 is 1. The first-order chi connectivity index (χ1) is 12.0. The fourth-order valence-corrected chi connectivity index (χ4v) is 1.91. The van der Waals surface area contributed by atoms with Gasteiger partial charge in [0.15, 0.2) is 29.7 Å². The highest BCUT2D eigenvalue weighted by Crippen LogP contribution is 2.18. The zero-order chi connectivity index (χ0) is 18.2. The van der Waals surface area contributed by atoms with Gasteiger partial charge in [0.05, 0.1) is 19.8 Å². The molecule has 8 heteroatoms. The number of benzene rings is 1. The molecule has 2 rings (SSSR count). The summed E-state index contributed by atoms with van der Waals surface area (Å²) in [6.45, 7) is -0.486. The Balaban J connectivity index is 1.73. The summed E-state index contributed by atoms with van der Waals surface area (Å²) in [7, 11) is 1.31. The van der Waals surface area contributed by atoms with E-state index in [4.69, 9.17) is 13.9 Å². The zero-order valence-electron chi connectivity index (χ0n) is 13.4. The van der Waals surface area contributed by atoms with Gasteiger partial charge in [0.2, 0.25) is 0 Å². The molecule has 0 aliphatic heterocycles. The van der Waals surface area contributed by atoms with Gasteiger partial charge in [-0.3, -0.25) is 14.4 Å². The van der Waals surface area contributed by atoms with Crippen molar-refractivity contribution in [3.63, 3.8) is 0 Å². The van der Waals surface area contributed by atoms with Gasteiger partial charge in [-0.15, -0.1) is 0 Å². The number of esters is 1. The molecule has 25 heavy (non-hydrogen) atoms. The number of ketones is 1. The molecular weight excluding hydrogens is 333 g/mol. The average Bonchev–Trinajstić information content (AvgIpc) is 3.14. The minimum absolute atomic E-state index is 0.0147. The third-order valence-electron chi connectivity index (χ3n) is 3.20. The van der Waals surface area contributed by atoms with Crippen LogP contribution in [0, 0.1) is 5.82 Å². The van der Waals surface area contributed by atoms with E-state index in [0.717, 1.165) is 6.07 Å². The molecule has 1 heterocycles. The number of amides is 1. The first kappa shape index (κ1) is 18.2. The van der Waals surface area contributed by atoms with Crippen LogP contribution in [0.15, 0.2) is 41.0 Å². The molecule has 0 radical (unpaired) electrons. The van der Waals surface area contributed by atoms with Crippen LogP contribution in [-0.4, -0.2) is 37.9 Å². The highest BCUT2D eigenvalue weighted by molar-refractivity contribution is 5.98. The van der Waals surface area contributed by atoms with E-state index in [1.165, 1.54) is 31.6 Å². The number of ether oxygens (including phenoxy) is 2. The summed E-state index contributed by atoms with van der Waals surface area (Å²) >= 11 is 0. The number of nitrogens with one attached hydrogen (secondary N) is 1. The maximum Gasteiger partial charge on any atom is 0.308 e. The molecule has 7 nitrogen and oxygen atoms in total. The van der Waals surface area contributed by atoms with Crippen molar-refractivity contribution in [2.45, 2.75) is 6.42 Å². The standard InChI is InChI=1S/C17H16FNO6/c1-23-14-5-4-11(9-12(14)18)13(20)10-25-16(21)6-7-19-17(22)15-3-2-8-24-15/h2-5,8-9H,6-7,10H2,1H3,(H,19,22). The fourth-order valence-electron chi connectivity index (χ4n) is 1.91. The van der Waals surface area contributed by atoms with Crippen LogP contribution in [0.25, 0.3) is 0 Å². The van der Waals surface area contributed by atoms with Crippen LogP contribution < -0.4 is 10.1 Å². The molecule has 1 N–H and O–H groups in total. The lowest BCUT2D eigenvalue weighted by Gasteiger charge is -2.06. The maximum atomic E-state index is 13.5. The van der Waals surface area contributed by atoms with Crippen molar-refractivity contribution in [2.24, 2.45) is 0 Å². The monoisotopic (exact) mass is 349 g/mol. The Morgan fingerprint density at radius 1 is 1.24 bits per heavy atom. The third kappa shape index (κ3) is 5.17. The first-order valence-corrected chi connectivity index (χ1v) is 7.35. The van der Waals surface area contributed by atoms with Crippen LogP contribution in [0.4, 0.5) is 4.39 Å². The lowest BCUT2D eigenvalue weighted by molar-refractivity contribution is -0.142. The van der Waals surface area contributed by atoms with Crippen LogP contribution in [0.2, 0.25) is 0 Å². The van der Waals surface area contributed by atoms with Crippen LogP contribution in [0.5, 0.6) is 5.75 Å². The molecule has 1 aromatic heterocycles. The minimum atomic E-state index is -0.680. The molecule has 0 saturated heterocycles. The molecule has 0 aliphatic carbocycles. The molecular formula is C17H16FNO6. The number of hydrogen-bond acceptors (Lipinski definition) is 6. The molecule has 0 atom stereocenters. The number of carbonyl (C=O) groups is 3. The van der Waals surface area contributed by atoms with E-state index in [1.54, 1.807) is 6.07 Å². The van der Waals surface area contributed by atoms with Crippen molar-refractivity contribution in [2.75, 3.05) is 20.3 Å². The highest BCUT2D eigenvalue weighted by Gasteiger charge is 2.13. The smallest absolute Gasteiger partial charge is 0.308 e. The molecule has 0 bridgehead atoms. The van der Waals surface area contributed by atoms with Crippen molar-refractivity contribution >= 4 is 17.7 Å². The Hall–Kier alpha value is -3.16. The summed E-state index contributed by atoms with van der Waals surface area (Å²) in [5.74, 6) is -2.20. The van der Waals surface area contributed by atoms with E-state index in [-0.39, 0.29) is 30.0 Å².